The average molecular weight is 408 g/mol. The molecule has 0 radical (unpaired) electrons. The standard InChI is InChI=1S/C18H16BrClN2O2/c1-11-8-13(19)2-7-16(11)21-18(24)12-9-17(23)22(10-12)15-5-3-14(20)4-6-15/h2-8,12H,9-10H2,1H3,(H,21,24)/t12-/m0/s1. The molecule has 0 unspecified atom stereocenters. The van der Waals surface area contributed by atoms with Gasteiger partial charge in [-0.1, -0.05) is 27.5 Å². The van der Waals surface area contributed by atoms with Gasteiger partial charge in [-0.3, -0.25) is 9.59 Å². The summed E-state index contributed by atoms with van der Waals surface area (Å²) in [6, 6.07) is 12.7. The molecule has 1 N–H and O–H groups in total. The Morgan fingerprint density at radius 2 is 1.96 bits per heavy atom. The smallest absolute Gasteiger partial charge is 0.229 e. The van der Waals surface area contributed by atoms with Crippen LogP contribution in [0.1, 0.15) is 12.0 Å². The number of carbonyl (C=O) groups excluding carboxylic acids is 2. The summed E-state index contributed by atoms with van der Waals surface area (Å²) in [6.07, 6.45) is 0.212. The Bertz CT molecular complexity index is 792. The van der Waals surface area contributed by atoms with Crippen molar-refractivity contribution in [2.45, 2.75) is 13.3 Å². The molecule has 1 atom stereocenters. The van der Waals surface area contributed by atoms with E-state index in [0.29, 0.717) is 11.6 Å². The maximum Gasteiger partial charge on any atom is 0.229 e. The van der Waals surface area contributed by atoms with E-state index in [9.17, 15) is 9.59 Å². The Hall–Kier alpha value is -1.85. The molecule has 0 spiro atoms. The van der Waals surface area contributed by atoms with E-state index >= 15 is 0 Å². The molecule has 2 aromatic carbocycles. The zero-order chi connectivity index (χ0) is 17.3. The van der Waals surface area contributed by atoms with E-state index in [0.717, 1.165) is 21.4 Å². The first kappa shape index (κ1) is 17.0. The van der Waals surface area contributed by atoms with Gasteiger partial charge in [0.2, 0.25) is 11.8 Å². The first-order valence-corrected chi connectivity index (χ1v) is 8.74. The molecule has 4 nitrogen and oxygen atoms in total. The molecule has 1 heterocycles. The molecule has 0 aliphatic carbocycles. The minimum atomic E-state index is -0.365. The van der Waals surface area contributed by atoms with Crippen LogP contribution in [0.25, 0.3) is 0 Å². The molecule has 2 amide bonds. The van der Waals surface area contributed by atoms with Gasteiger partial charge < -0.3 is 10.2 Å². The van der Waals surface area contributed by atoms with E-state index in [1.54, 1.807) is 29.2 Å². The minimum Gasteiger partial charge on any atom is -0.326 e. The fourth-order valence-electron chi connectivity index (χ4n) is 2.76. The van der Waals surface area contributed by atoms with Crippen LogP contribution in [0.2, 0.25) is 5.02 Å². The van der Waals surface area contributed by atoms with Crippen LogP contribution in [0.4, 0.5) is 11.4 Å². The van der Waals surface area contributed by atoms with Crippen molar-refractivity contribution in [3.05, 3.63) is 57.5 Å². The van der Waals surface area contributed by atoms with Crippen molar-refractivity contribution in [3.63, 3.8) is 0 Å². The highest BCUT2D eigenvalue weighted by Crippen LogP contribution is 2.28. The van der Waals surface area contributed by atoms with Gasteiger partial charge in [-0.15, -0.1) is 0 Å². The van der Waals surface area contributed by atoms with Crippen LogP contribution in [0.5, 0.6) is 0 Å². The number of nitrogens with zero attached hydrogens (tertiary/aromatic N) is 1. The molecule has 1 aliphatic rings. The van der Waals surface area contributed by atoms with E-state index < -0.39 is 0 Å². The molecule has 1 aliphatic heterocycles. The lowest BCUT2D eigenvalue weighted by Crippen LogP contribution is -2.28. The largest absolute Gasteiger partial charge is 0.326 e. The number of benzene rings is 2. The van der Waals surface area contributed by atoms with Gasteiger partial charge in [-0.2, -0.15) is 0 Å². The van der Waals surface area contributed by atoms with Crippen molar-refractivity contribution in [2.75, 3.05) is 16.8 Å². The number of rotatable bonds is 3. The van der Waals surface area contributed by atoms with Gasteiger partial charge >= 0.3 is 0 Å². The molecule has 24 heavy (non-hydrogen) atoms. The highest BCUT2D eigenvalue weighted by atomic mass is 79.9. The summed E-state index contributed by atoms with van der Waals surface area (Å²) in [5, 5.41) is 3.54. The zero-order valence-corrected chi connectivity index (χ0v) is 15.4. The van der Waals surface area contributed by atoms with Crippen molar-refractivity contribution < 1.29 is 9.59 Å². The lowest BCUT2D eigenvalue weighted by molar-refractivity contribution is -0.122. The van der Waals surface area contributed by atoms with Crippen molar-refractivity contribution in [2.24, 2.45) is 5.92 Å². The Balaban J connectivity index is 1.70. The molecule has 0 saturated carbocycles. The highest BCUT2D eigenvalue weighted by molar-refractivity contribution is 9.10. The summed E-state index contributed by atoms with van der Waals surface area (Å²) in [5.74, 6) is -0.550. The van der Waals surface area contributed by atoms with Crippen LogP contribution >= 0.6 is 27.5 Å². The Morgan fingerprint density at radius 1 is 1.25 bits per heavy atom. The van der Waals surface area contributed by atoms with E-state index in [2.05, 4.69) is 21.2 Å². The summed E-state index contributed by atoms with van der Waals surface area (Å²) in [5.41, 5.74) is 2.50. The van der Waals surface area contributed by atoms with Gasteiger partial charge in [0.05, 0.1) is 5.92 Å². The van der Waals surface area contributed by atoms with Gasteiger partial charge in [-0.25, -0.2) is 0 Å². The summed E-state index contributed by atoms with van der Waals surface area (Å²) in [6.45, 7) is 2.31. The third-order valence-corrected chi connectivity index (χ3v) is 4.83. The third-order valence-electron chi connectivity index (χ3n) is 4.08. The second-order valence-corrected chi connectivity index (χ2v) is 7.18. The number of aryl methyl sites for hydroxylation is 1. The van der Waals surface area contributed by atoms with Gasteiger partial charge in [0.15, 0.2) is 0 Å². The van der Waals surface area contributed by atoms with Crippen molar-refractivity contribution >= 4 is 50.7 Å². The maximum absolute atomic E-state index is 12.5. The van der Waals surface area contributed by atoms with E-state index in [4.69, 9.17) is 11.6 Å². The number of carbonyl (C=O) groups is 2. The average Bonchev–Trinajstić information content (AvgIpc) is 2.93. The number of halogens is 2. The van der Waals surface area contributed by atoms with Crippen LogP contribution in [-0.4, -0.2) is 18.4 Å². The molecule has 0 bridgehead atoms. The summed E-state index contributed by atoms with van der Waals surface area (Å²) in [4.78, 5) is 26.4. The van der Waals surface area contributed by atoms with Gasteiger partial charge in [-0.05, 0) is 55.0 Å². The van der Waals surface area contributed by atoms with Crippen LogP contribution < -0.4 is 10.2 Å². The lowest BCUT2D eigenvalue weighted by atomic mass is 10.1. The quantitative estimate of drug-likeness (QED) is 0.819. The molecular weight excluding hydrogens is 392 g/mol. The summed E-state index contributed by atoms with van der Waals surface area (Å²) >= 11 is 9.28. The topological polar surface area (TPSA) is 49.4 Å². The Morgan fingerprint density at radius 3 is 2.62 bits per heavy atom. The van der Waals surface area contributed by atoms with Crippen LogP contribution in [-0.2, 0) is 9.59 Å². The van der Waals surface area contributed by atoms with Gasteiger partial charge in [0.25, 0.3) is 0 Å². The molecule has 6 heteroatoms. The fraction of sp³-hybridized carbons (Fsp3) is 0.222. The summed E-state index contributed by atoms with van der Waals surface area (Å²) in [7, 11) is 0. The van der Waals surface area contributed by atoms with Crippen molar-refractivity contribution in [1.29, 1.82) is 0 Å². The predicted octanol–water partition coefficient (Wildman–Crippen LogP) is 4.40. The molecule has 1 fully saturated rings. The van der Waals surface area contributed by atoms with Crippen LogP contribution in [0, 0.1) is 12.8 Å². The molecule has 3 rings (SSSR count). The second kappa shape index (κ2) is 6.95. The van der Waals surface area contributed by atoms with E-state index in [1.807, 2.05) is 25.1 Å². The Kier molecular flexibility index (Phi) is 4.92. The van der Waals surface area contributed by atoms with Gasteiger partial charge in [0.1, 0.15) is 0 Å². The zero-order valence-electron chi connectivity index (χ0n) is 13.1. The first-order chi connectivity index (χ1) is 11.4. The van der Waals surface area contributed by atoms with Crippen LogP contribution in [0.15, 0.2) is 46.9 Å². The third kappa shape index (κ3) is 3.62. The Labute approximate surface area is 153 Å². The monoisotopic (exact) mass is 406 g/mol. The molecule has 1 saturated heterocycles. The maximum atomic E-state index is 12.5. The van der Waals surface area contributed by atoms with Crippen molar-refractivity contribution in [1.82, 2.24) is 0 Å². The highest BCUT2D eigenvalue weighted by Gasteiger charge is 2.35. The fourth-order valence-corrected chi connectivity index (χ4v) is 3.36. The minimum absolute atomic E-state index is 0.0509. The molecule has 0 aromatic heterocycles. The normalized spacial score (nSPS) is 17.2. The number of hydrogen-bond acceptors (Lipinski definition) is 2. The number of amides is 2. The van der Waals surface area contributed by atoms with Crippen LogP contribution in [0.3, 0.4) is 0 Å². The van der Waals surface area contributed by atoms with Gasteiger partial charge in [0, 0.05) is 33.8 Å². The number of anilines is 2. The molecule has 2 aromatic rings. The first-order valence-electron chi connectivity index (χ1n) is 7.57. The number of hydrogen-bond donors (Lipinski definition) is 1. The molecular formula is C18H16BrClN2O2. The lowest BCUT2D eigenvalue weighted by Gasteiger charge is -2.17. The van der Waals surface area contributed by atoms with Crippen molar-refractivity contribution in [3.8, 4) is 0 Å². The van der Waals surface area contributed by atoms with E-state index in [-0.39, 0.29) is 24.2 Å². The summed E-state index contributed by atoms with van der Waals surface area (Å²) < 4.78 is 0.961. The number of nitrogens with one attached hydrogen (secondary N) is 1. The predicted molar refractivity (Wildman–Crippen MR) is 99.4 cm³/mol. The SMILES string of the molecule is Cc1cc(Br)ccc1NC(=O)[C@H]1CC(=O)N(c2ccc(Cl)cc2)C1. The molecule has 124 valence electrons. The van der Waals surface area contributed by atoms with E-state index in [1.165, 1.54) is 0 Å². The second-order valence-electron chi connectivity index (χ2n) is 5.83.